The highest BCUT2D eigenvalue weighted by molar-refractivity contribution is 7.92. The van der Waals surface area contributed by atoms with E-state index in [0.717, 1.165) is 5.56 Å². The number of sulfonamides is 1. The molecule has 3 rings (SSSR count). The molecule has 0 aliphatic carbocycles. The molecule has 0 amide bonds. The van der Waals surface area contributed by atoms with Crippen molar-refractivity contribution >= 4 is 21.7 Å². The topological polar surface area (TPSA) is 89.7 Å². The second kappa shape index (κ2) is 7.85. The summed E-state index contributed by atoms with van der Waals surface area (Å²) in [4.78, 5) is 12.3. The molecule has 0 aliphatic rings. The van der Waals surface area contributed by atoms with Gasteiger partial charge >= 0.3 is 5.97 Å². The van der Waals surface area contributed by atoms with Crippen molar-refractivity contribution in [3.63, 3.8) is 0 Å². The van der Waals surface area contributed by atoms with E-state index in [1.165, 1.54) is 23.5 Å². The van der Waals surface area contributed by atoms with Crippen LogP contribution in [0.2, 0.25) is 0 Å². The number of hydrogen-bond donors (Lipinski definition) is 0. The SMILES string of the molecule is Cc1ccc(S(=O)(=O)N(C)c2ccc(C(=O)OCc3cc(C)on3)cc2)cc1. The Balaban J connectivity index is 1.70. The summed E-state index contributed by atoms with van der Waals surface area (Å²) in [5.74, 6) is 0.101. The molecular weight excluding hydrogens is 380 g/mol. The van der Waals surface area contributed by atoms with Crippen molar-refractivity contribution in [2.24, 2.45) is 0 Å². The molecule has 0 atom stereocenters. The van der Waals surface area contributed by atoms with Crippen molar-refractivity contribution in [2.45, 2.75) is 25.3 Å². The van der Waals surface area contributed by atoms with Crippen molar-refractivity contribution in [3.05, 3.63) is 77.2 Å². The minimum Gasteiger partial charge on any atom is -0.455 e. The summed E-state index contributed by atoms with van der Waals surface area (Å²) in [6.45, 7) is 3.64. The molecule has 0 saturated heterocycles. The second-order valence-corrected chi connectivity index (χ2v) is 8.31. The molecule has 146 valence electrons. The molecule has 3 aromatic rings. The third kappa shape index (κ3) is 4.23. The molecule has 0 bridgehead atoms. The van der Waals surface area contributed by atoms with Gasteiger partial charge in [0.05, 0.1) is 16.1 Å². The first-order chi connectivity index (χ1) is 13.3. The number of anilines is 1. The smallest absolute Gasteiger partial charge is 0.338 e. The van der Waals surface area contributed by atoms with E-state index in [1.807, 2.05) is 6.92 Å². The number of aryl methyl sites for hydroxylation is 2. The Bertz CT molecular complexity index is 1070. The van der Waals surface area contributed by atoms with Gasteiger partial charge in [-0.15, -0.1) is 0 Å². The van der Waals surface area contributed by atoms with Crippen LogP contribution in [-0.2, 0) is 21.4 Å². The van der Waals surface area contributed by atoms with Crippen LogP contribution in [0.5, 0.6) is 0 Å². The first kappa shape index (κ1) is 19.6. The van der Waals surface area contributed by atoms with Crippen LogP contribution in [0.4, 0.5) is 5.69 Å². The molecule has 0 spiro atoms. The van der Waals surface area contributed by atoms with Crippen LogP contribution in [0.25, 0.3) is 0 Å². The maximum Gasteiger partial charge on any atom is 0.338 e. The molecular formula is C20H20N2O5S. The average molecular weight is 400 g/mol. The van der Waals surface area contributed by atoms with E-state index in [-0.39, 0.29) is 11.5 Å². The lowest BCUT2D eigenvalue weighted by molar-refractivity contribution is 0.0464. The fraction of sp³-hybridized carbons (Fsp3) is 0.200. The van der Waals surface area contributed by atoms with E-state index in [2.05, 4.69) is 5.16 Å². The molecule has 7 nitrogen and oxygen atoms in total. The predicted octanol–water partition coefficient (Wildman–Crippen LogP) is 3.47. The lowest BCUT2D eigenvalue weighted by Gasteiger charge is -2.19. The van der Waals surface area contributed by atoms with Gasteiger partial charge in [0.2, 0.25) is 0 Å². The Morgan fingerprint density at radius 3 is 2.29 bits per heavy atom. The number of aromatic nitrogens is 1. The summed E-state index contributed by atoms with van der Waals surface area (Å²) in [6.07, 6.45) is 0. The zero-order valence-corrected chi connectivity index (χ0v) is 16.6. The van der Waals surface area contributed by atoms with Crippen molar-refractivity contribution in [1.82, 2.24) is 5.16 Å². The van der Waals surface area contributed by atoms with Crippen LogP contribution in [0, 0.1) is 13.8 Å². The predicted molar refractivity (Wildman–Crippen MR) is 104 cm³/mol. The maximum atomic E-state index is 12.7. The molecule has 1 heterocycles. The van der Waals surface area contributed by atoms with Gasteiger partial charge in [-0.3, -0.25) is 4.31 Å². The summed E-state index contributed by atoms with van der Waals surface area (Å²) in [5, 5.41) is 3.75. The van der Waals surface area contributed by atoms with E-state index < -0.39 is 16.0 Å². The normalized spacial score (nSPS) is 11.2. The lowest BCUT2D eigenvalue weighted by atomic mass is 10.2. The largest absolute Gasteiger partial charge is 0.455 e. The third-order valence-corrected chi connectivity index (χ3v) is 5.97. The summed E-state index contributed by atoms with van der Waals surface area (Å²) in [7, 11) is -2.22. The monoisotopic (exact) mass is 400 g/mol. The van der Waals surface area contributed by atoms with Gasteiger partial charge in [-0.25, -0.2) is 13.2 Å². The van der Waals surface area contributed by atoms with Gasteiger partial charge in [-0.05, 0) is 50.2 Å². The van der Waals surface area contributed by atoms with Gasteiger partial charge < -0.3 is 9.26 Å². The van der Waals surface area contributed by atoms with Gasteiger partial charge in [-0.1, -0.05) is 22.9 Å². The lowest BCUT2D eigenvalue weighted by Crippen LogP contribution is -2.26. The minimum absolute atomic E-state index is 0.000366. The van der Waals surface area contributed by atoms with Crippen LogP contribution in [-0.4, -0.2) is 26.6 Å². The van der Waals surface area contributed by atoms with Gasteiger partial charge in [-0.2, -0.15) is 0 Å². The standard InChI is InChI=1S/C20H20N2O5S/c1-14-4-10-19(11-5-14)28(24,25)22(3)18-8-6-16(7-9-18)20(23)26-13-17-12-15(2)27-21-17/h4-12H,13H2,1-3H3. The Morgan fingerprint density at radius 2 is 1.71 bits per heavy atom. The number of ether oxygens (including phenoxy) is 1. The molecule has 0 saturated carbocycles. The fourth-order valence-electron chi connectivity index (χ4n) is 2.52. The highest BCUT2D eigenvalue weighted by Gasteiger charge is 2.21. The van der Waals surface area contributed by atoms with E-state index >= 15 is 0 Å². The Kier molecular flexibility index (Phi) is 5.51. The van der Waals surface area contributed by atoms with Gasteiger partial charge in [0, 0.05) is 13.1 Å². The zero-order chi connectivity index (χ0) is 20.3. The van der Waals surface area contributed by atoms with Gasteiger partial charge in [0.15, 0.2) is 0 Å². The van der Waals surface area contributed by atoms with E-state index in [1.54, 1.807) is 49.4 Å². The number of carbonyl (C=O) groups excluding carboxylic acids is 1. The molecule has 0 unspecified atom stereocenters. The molecule has 8 heteroatoms. The highest BCUT2D eigenvalue weighted by Crippen LogP contribution is 2.23. The van der Waals surface area contributed by atoms with Crippen molar-refractivity contribution in [1.29, 1.82) is 0 Å². The van der Waals surface area contributed by atoms with Crippen molar-refractivity contribution in [3.8, 4) is 0 Å². The van der Waals surface area contributed by atoms with E-state index in [0.29, 0.717) is 22.7 Å². The van der Waals surface area contributed by atoms with Crippen LogP contribution in [0.15, 0.2) is 64.0 Å². The van der Waals surface area contributed by atoms with Crippen molar-refractivity contribution in [2.75, 3.05) is 11.4 Å². The number of nitrogens with zero attached hydrogens (tertiary/aromatic N) is 2. The Hall–Kier alpha value is -3.13. The molecule has 0 fully saturated rings. The summed E-state index contributed by atoms with van der Waals surface area (Å²) >= 11 is 0. The highest BCUT2D eigenvalue weighted by atomic mass is 32.2. The average Bonchev–Trinajstić information content (AvgIpc) is 3.11. The van der Waals surface area contributed by atoms with E-state index in [9.17, 15) is 13.2 Å². The van der Waals surface area contributed by atoms with Gasteiger partial charge in [0.1, 0.15) is 18.1 Å². The molecule has 0 aliphatic heterocycles. The molecule has 2 aromatic carbocycles. The van der Waals surface area contributed by atoms with Crippen molar-refractivity contribution < 1.29 is 22.5 Å². The van der Waals surface area contributed by atoms with Crippen LogP contribution < -0.4 is 4.31 Å². The number of carbonyl (C=O) groups is 1. The van der Waals surface area contributed by atoms with Crippen LogP contribution in [0.1, 0.15) is 27.4 Å². The first-order valence-electron chi connectivity index (χ1n) is 8.52. The first-order valence-corrected chi connectivity index (χ1v) is 9.96. The fourth-order valence-corrected chi connectivity index (χ4v) is 3.72. The molecule has 1 aromatic heterocycles. The summed E-state index contributed by atoms with van der Waals surface area (Å²) in [6, 6.07) is 14.5. The molecule has 0 radical (unpaired) electrons. The Labute approximate surface area is 163 Å². The van der Waals surface area contributed by atoms with Crippen LogP contribution in [0.3, 0.4) is 0 Å². The second-order valence-electron chi connectivity index (χ2n) is 6.34. The number of benzene rings is 2. The Morgan fingerprint density at radius 1 is 1.07 bits per heavy atom. The zero-order valence-electron chi connectivity index (χ0n) is 15.7. The number of hydrogen-bond acceptors (Lipinski definition) is 6. The minimum atomic E-state index is -3.69. The number of esters is 1. The van der Waals surface area contributed by atoms with Gasteiger partial charge in [0.25, 0.3) is 10.0 Å². The molecule has 28 heavy (non-hydrogen) atoms. The quantitative estimate of drug-likeness (QED) is 0.589. The molecule has 0 N–H and O–H groups in total. The van der Waals surface area contributed by atoms with Crippen LogP contribution >= 0.6 is 0 Å². The number of rotatable bonds is 6. The summed E-state index contributed by atoms with van der Waals surface area (Å²) in [5.41, 5.74) is 2.24. The third-order valence-electron chi connectivity index (χ3n) is 4.17. The maximum absolute atomic E-state index is 12.7. The van der Waals surface area contributed by atoms with E-state index in [4.69, 9.17) is 9.26 Å². The summed E-state index contributed by atoms with van der Waals surface area (Å²) < 4.78 is 36.8.